The van der Waals surface area contributed by atoms with Crippen LogP contribution in [0.1, 0.15) is 23.2 Å². The standard InChI is InChI=1S/C18H22N2O3S/c1-3-14-11-24-16(20-14)7-8-19-18(21)13-9-12-5-4-6-15(22-2)17(12)23-10-13/h4-6,11,13H,3,7-10H2,1-2H3,(H,19,21). The highest BCUT2D eigenvalue weighted by atomic mass is 32.1. The van der Waals surface area contributed by atoms with Crippen molar-refractivity contribution in [2.45, 2.75) is 26.2 Å². The van der Waals surface area contributed by atoms with E-state index in [1.165, 1.54) is 0 Å². The summed E-state index contributed by atoms with van der Waals surface area (Å²) in [5.74, 6) is 1.36. The van der Waals surface area contributed by atoms with Gasteiger partial charge in [-0.25, -0.2) is 4.98 Å². The van der Waals surface area contributed by atoms with Crippen LogP contribution >= 0.6 is 11.3 Å². The molecule has 0 aliphatic carbocycles. The molecule has 0 saturated heterocycles. The van der Waals surface area contributed by atoms with E-state index in [0.29, 0.717) is 19.6 Å². The molecule has 2 heterocycles. The number of methoxy groups -OCH3 is 1. The van der Waals surface area contributed by atoms with Crippen LogP contribution in [0.25, 0.3) is 0 Å². The predicted molar refractivity (Wildman–Crippen MR) is 93.9 cm³/mol. The van der Waals surface area contributed by atoms with Crippen molar-refractivity contribution in [3.8, 4) is 11.5 Å². The van der Waals surface area contributed by atoms with Crippen molar-refractivity contribution >= 4 is 17.2 Å². The van der Waals surface area contributed by atoms with Gasteiger partial charge >= 0.3 is 0 Å². The summed E-state index contributed by atoms with van der Waals surface area (Å²) in [6.45, 7) is 3.09. The topological polar surface area (TPSA) is 60.5 Å². The summed E-state index contributed by atoms with van der Waals surface area (Å²) in [6.07, 6.45) is 2.40. The van der Waals surface area contributed by atoms with Crippen LogP contribution in [0.2, 0.25) is 0 Å². The third kappa shape index (κ3) is 3.70. The average molecular weight is 346 g/mol. The number of carbonyl (C=O) groups is 1. The summed E-state index contributed by atoms with van der Waals surface area (Å²) in [5.41, 5.74) is 2.14. The van der Waals surface area contributed by atoms with Crippen LogP contribution in [0.3, 0.4) is 0 Å². The molecule has 1 unspecified atom stereocenters. The fraction of sp³-hybridized carbons (Fsp3) is 0.444. The van der Waals surface area contributed by atoms with Gasteiger partial charge in [0.25, 0.3) is 0 Å². The summed E-state index contributed by atoms with van der Waals surface area (Å²) < 4.78 is 11.1. The molecule has 1 aromatic heterocycles. The van der Waals surface area contributed by atoms with Crippen molar-refractivity contribution in [1.29, 1.82) is 0 Å². The number of rotatable bonds is 6. The van der Waals surface area contributed by atoms with E-state index in [1.54, 1.807) is 18.4 Å². The van der Waals surface area contributed by atoms with E-state index in [0.717, 1.165) is 40.6 Å². The molecule has 6 heteroatoms. The van der Waals surface area contributed by atoms with E-state index in [-0.39, 0.29) is 11.8 Å². The third-order valence-electron chi connectivity index (χ3n) is 4.15. The molecular formula is C18H22N2O3S. The summed E-state index contributed by atoms with van der Waals surface area (Å²) in [4.78, 5) is 16.9. The molecule has 0 saturated carbocycles. The fourth-order valence-electron chi connectivity index (χ4n) is 2.79. The molecule has 1 aliphatic heterocycles. The van der Waals surface area contributed by atoms with Gasteiger partial charge in [-0.05, 0) is 24.5 Å². The number of para-hydroxylation sites is 1. The number of nitrogens with zero attached hydrogens (tertiary/aromatic N) is 1. The van der Waals surface area contributed by atoms with E-state index in [9.17, 15) is 4.79 Å². The molecule has 0 bridgehead atoms. The van der Waals surface area contributed by atoms with Crippen molar-refractivity contribution in [2.75, 3.05) is 20.3 Å². The van der Waals surface area contributed by atoms with Crippen LogP contribution in [-0.2, 0) is 24.1 Å². The minimum Gasteiger partial charge on any atom is -0.493 e. The Hall–Kier alpha value is -2.08. The molecule has 1 atom stereocenters. The minimum absolute atomic E-state index is 0.0377. The Balaban J connectivity index is 1.52. The summed E-state index contributed by atoms with van der Waals surface area (Å²) in [6, 6.07) is 5.78. The zero-order chi connectivity index (χ0) is 16.9. The Morgan fingerprint density at radius 2 is 2.38 bits per heavy atom. The minimum atomic E-state index is -0.160. The number of amides is 1. The Bertz CT molecular complexity index is 714. The number of hydrogen-bond acceptors (Lipinski definition) is 5. The number of aryl methyl sites for hydroxylation is 1. The van der Waals surface area contributed by atoms with Crippen LogP contribution in [0, 0.1) is 5.92 Å². The number of fused-ring (bicyclic) bond motifs is 1. The quantitative estimate of drug-likeness (QED) is 0.873. The summed E-state index contributed by atoms with van der Waals surface area (Å²) in [5, 5.41) is 6.16. The summed E-state index contributed by atoms with van der Waals surface area (Å²) in [7, 11) is 1.63. The molecule has 0 spiro atoms. The Morgan fingerprint density at radius 3 is 3.12 bits per heavy atom. The number of ether oxygens (including phenoxy) is 2. The first-order valence-electron chi connectivity index (χ1n) is 8.21. The number of carbonyl (C=O) groups excluding carboxylic acids is 1. The normalized spacial score (nSPS) is 16.2. The molecule has 24 heavy (non-hydrogen) atoms. The van der Waals surface area contributed by atoms with Gasteiger partial charge in [0.1, 0.15) is 6.61 Å². The number of aromatic nitrogens is 1. The smallest absolute Gasteiger partial charge is 0.226 e. The zero-order valence-electron chi connectivity index (χ0n) is 14.0. The first-order valence-corrected chi connectivity index (χ1v) is 9.09. The van der Waals surface area contributed by atoms with Crippen LogP contribution in [-0.4, -0.2) is 31.2 Å². The van der Waals surface area contributed by atoms with Crippen molar-refractivity contribution < 1.29 is 14.3 Å². The van der Waals surface area contributed by atoms with Gasteiger partial charge < -0.3 is 14.8 Å². The highest BCUT2D eigenvalue weighted by Crippen LogP contribution is 2.35. The molecule has 0 fully saturated rings. The Labute approximate surface area is 146 Å². The maximum absolute atomic E-state index is 12.4. The third-order valence-corrected chi connectivity index (χ3v) is 5.10. The highest BCUT2D eigenvalue weighted by molar-refractivity contribution is 7.09. The van der Waals surface area contributed by atoms with Crippen LogP contribution in [0.5, 0.6) is 11.5 Å². The molecule has 1 amide bonds. The molecule has 1 N–H and O–H groups in total. The second-order valence-corrected chi connectivity index (χ2v) is 6.73. The largest absolute Gasteiger partial charge is 0.493 e. The van der Waals surface area contributed by atoms with Gasteiger partial charge in [-0.15, -0.1) is 11.3 Å². The van der Waals surface area contributed by atoms with Gasteiger partial charge in [-0.1, -0.05) is 19.1 Å². The van der Waals surface area contributed by atoms with Crippen molar-refractivity contribution in [2.24, 2.45) is 5.92 Å². The number of hydrogen-bond donors (Lipinski definition) is 1. The number of nitrogens with one attached hydrogen (secondary N) is 1. The first kappa shape index (κ1) is 16.8. The Kier molecular flexibility index (Phi) is 5.35. The lowest BCUT2D eigenvalue weighted by molar-refractivity contribution is -0.126. The monoisotopic (exact) mass is 346 g/mol. The van der Waals surface area contributed by atoms with Gasteiger partial charge in [0.15, 0.2) is 11.5 Å². The maximum Gasteiger partial charge on any atom is 0.226 e. The van der Waals surface area contributed by atoms with Gasteiger partial charge in [-0.2, -0.15) is 0 Å². The molecule has 0 radical (unpaired) electrons. The van der Waals surface area contributed by atoms with Crippen LogP contribution < -0.4 is 14.8 Å². The van der Waals surface area contributed by atoms with Crippen LogP contribution in [0.15, 0.2) is 23.6 Å². The molecule has 3 rings (SSSR count). The predicted octanol–water partition coefficient (Wildman–Crippen LogP) is 2.62. The Morgan fingerprint density at radius 1 is 1.50 bits per heavy atom. The van der Waals surface area contributed by atoms with E-state index >= 15 is 0 Å². The molecule has 5 nitrogen and oxygen atoms in total. The second kappa shape index (κ2) is 7.66. The molecule has 128 valence electrons. The van der Waals surface area contributed by atoms with Gasteiger partial charge in [-0.3, -0.25) is 4.79 Å². The van der Waals surface area contributed by atoms with E-state index in [4.69, 9.17) is 9.47 Å². The first-order chi connectivity index (χ1) is 11.7. The fourth-order valence-corrected chi connectivity index (χ4v) is 3.67. The van der Waals surface area contributed by atoms with Gasteiger partial charge in [0.2, 0.25) is 5.91 Å². The lowest BCUT2D eigenvalue weighted by Crippen LogP contribution is -2.38. The van der Waals surface area contributed by atoms with Crippen LogP contribution in [0.4, 0.5) is 0 Å². The van der Waals surface area contributed by atoms with Gasteiger partial charge in [0.05, 0.1) is 23.7 Å². The highest BCUT2D eigenvalue weighted by Gasteiger charge is 2.27. The number of thiazole rings is 1. The van der Waals surface area contributed by atoms with Crippen molar-refractivity contribution in [3.05, 3.63) is 39.8 Å². The van der Waals surface area contributed by atoms with Crippen molar-refractivity contribution in [1.82, 2.24) is 10.3 Å². The summed E-state index contributed by atoms with van der Waals surface area (Å²) >= 11 is 1.66. The van der Waals surface area contributed by atoms with Gasteiger partial charge in [0, 0.05) is 18.3 Å². The lowest BCUT2D eigenvalue weighted by atomic mass is 9.95. The zero-order valence-corrected chi connectivity index (χ0v) is 14.8. The molecule has 1 aliphatic rings. The molecule has 1 aromatic carbocycles. The van der Waals surface area contributed by atoms with E-state index in [1.807, 2.05) is 18.2 Å². The SMILES string of the molecule is CCc1csc(CCNC(=O)C2COc3c(cccc3OC)C2)n1. The molecule has 2 aromatic rings. The second-order valence-electron chi connectivity index (χ2n) is 5.79. The number of benzene rings is 1. The molecular weight excluding hydrogens is 324 g/mol. The maximum atomic E-state index is 12.4. The average Bonchev–Trinajstić information content (AvgIpc) is 3.08. The van der Waals surface area contributed by atoms with E-state index < -0.39 is 0 Å². The van der Waals surface area contributed by atoms with E-state index in [2.05, 4.69) is 22.6 Å². The lowest BCUT2D eigenvalue weighted by Gasteiger charge is -2.25. The van der Waals surface area contributed by atoms with Crippen molar-refractivity contribution in [3.63, 3.8) is 0 Å².